The maximum Gasteiger partial charge on any atom is 0.264 e. The van der Waals surface area contributed by atoms with E-state index in [1.54, 1.807) is 74.5 Å². The smallest absolute Gasteiger partial charge is 0.264 e. The van der Waals surface area contributed by atoms with E-state index >= 15 is 0 Å². The second kappa shape index (κ2) is 15.1. The summed E-state index contributed by atoms with van der Waals surface area (Å²) in [5.41, 5.74) is 0.938. The lowest BCUT2D eigenvalue weighted by molar-refractivity contribution is -0.140. The summed E-state index contributed by atoms with van der Waals surface area (Å²) in [4.78, 5) is 29.5. The van der Waals surface area contributed by atoms with Crippen molar-refractivity contribution < 1.29 is 22.7 Å². The van der Waals surface area contributed by atoms with Crippen molar-refractivity contribution in [1.29, 1.82) is 0 Å². The number of rotatable bonds is 14. The van der Waals surface area contributed by atoms with Crippen molar-refractivity contribution >= 4 is 50.9 Å². The van der Waals surface area contributed by atoms with Crippen LogP contribution in [-0.4, -0.2) is 57.1 Å². The molecular weight excluding hydrogens is 582 g/mol. The Morgan fingerprint density at radius 1 is 0.976 bits per heavy atom. The zero-order valence-corrected chi connectivity index (χ0v) is 26.1. The molecule has 3 aromatic carbocycles. The maximum atomic E-state index is 14.1. The lowest BCUT2D eigenvalue weighted by Gasteiger charge is -2.33. The molecule has 0 aliphatic rings. The molecule has 0 bridgehead atoms. The number of nitrogens with zero attached hydrogens (tertiary/aromatic N) is 2. The fourth-order valence-electron chi connectivity index (χ4n) is 4.30. The van der Waals surface area contributed by atoms with E-state index in [-0.39, 0.29) is 17.3 Å². The van der Waals surface area contributed by atoms with Crippen LogP contribution in [0, 0.1) is 0 Å². The fourth-order valence-corrected chi connectivity index (χ4v) is 6.32. The largest absolute Gasteiger partial charge is 0.494 e. The molecular formula is C30H36ClN3O5S2. The lowest BCUT2D eigenvalue weighted by atomic mass is 10.1. The second-order valence-corrected chi connectivity index (χ2v) is 12.2. The number of ether oxygens (including phenoxy) is 1. The second-order valence-electron chi connectivity index (χ2n) is 9.05. The van der Waals surface area contributed by atoms with Crippen LogP contribution in [0.15, 0.2) is 82.6 Å². The van der Waals surface area contributed by atoms with Crippen LogP contribution in [0.25, 0.3) is 0 Å². The Morgan fingerprint density at radius 2 is 1.63 bits per heavy atom. The molecule has 1 atom stereocenters. The first-order chi connectivity index (χ1) is 19.7. The summed E-state index contributed by atoms with van der Waals surface area (Å²) in [5, 5.41) is 3.23. The zero-order valence-electron chi connectivity index (χ0n) is 23.7. The van der Waals surface area contributed by atoms with Crippen LogP contribution in [-0.2, 0) is 26.2 Å². The Balaban J connectivity index is 2.07. The van der Waals surface area contributed by atoms with E-state index in [9.17, 15) is 18.0 Å². The number of benzene rings is 3. The van der Waals surface area contributed by atoms with E-state index in [1.807, 2.05) is 13.2 Å². The van der Waals surface area contributed by atoms with Crippen LogP contribution < -0.4 is 14.4 Å². The molecule has 0 saturated carbocycles. The van der Waals surface area contributed by atoms with Crippen molar-refractivity contribution in [2.24, 2.45) is 0 Å². The number of hydrogen-bond donors (Lipinski definition) is 1. The monoisotopic (exact) mass is 617 g/mol. The highest BCUT2D eigenvalue weighted by Crippen LogP contribution is 2.28. The van der Waals surface area contributed by atoms with Gasteiger partial charge in [0.25, 0.3) is 10.0 Å². The average Bonchev–Trinajstić information content (AvgIpc) is 2.97. The summed E-state index contributed by atoms with van der Waals surface area (Å²) in [5.74, 6) is -0.286. The third kappa shape index (κ3) is 8.18. The quantitative estimate of drug-likeness (QED) is 0.237. The van der Waals surface area contributed by atoms with Crippen LogP contribution in [0.1, 0.15) is 32.8 Å². The van der Waals surface area contributed by atoms with Gasteiger partial charge < -0.3 is 15.0 Å². The summed E-state index contributed by atoms with van der Waals surface area (Å²) in [6.07, 6.45) is 2.23. The molecule has 0 radical (unpaired) electrons. The number of carbonyl (C=O) groups excluding carboxylic acids is 2. The van der Waals surface area contributed by atoms with Gasteiger partial charge in [0, 0.05) is 23.0 Å². The molecule has 0 aliphatic heterocycles. The summed E-state index contributed by atoms with van der Waals surface area (Å²) >= 11 is 7.92. The molecule has 0 spiro atoms. The third-order valence-corrected chi connectivity index (χ3v) is 9.30. The molecule has 3 rings (SSSR count). The predicted molar refractivity (Wildman–Crippen MR) is 165 cm³/mol. The third-order valence-electron chi connectivity index (χ3n) is 6.40. The minimum atomic E-state index is -4.17. The fraction of sp³-hybridized carbons (Fsp3) is 0.333. The van der Waals surface area contributed by atoms with Gasteiger partial charge in [-0.2, -0.15) is 0 Å². The van der Waals surface area contributed by atoms with Gasteiger partial charge in [-0.1, -0.05) is 36.7 Å². The van der Waals surface area contributed by atoms with Crippen molar-refractivity contribution in [2.45, 2.75) is 49.6 Å². The molecule has 1 N–H and O–H groups in total. The molecule has 0 aromatic heterocycles. The van der Waals surface area contributed by atoms with Crippen LogP contribution in [0.5, 0.6) is 5.75 Å². The van der Waals surface area contributed by atoms with Crippen molar-refractivity contribution in [3.8, 4) is 5.75 Å². The first kappa shape index (κ1) is 32.3. The van der Waals surface area contributed by atoms with Gasteiger partial charge in [0.15, 0.2) is 0 Å². The Labute approximate surface area is 252 Å². The number of sulfonamides is 1. The van der Waals surface area contributed by atoms with Gasteiger partial charge in [-0.3, -0.25) is 13.9 Å². The summed E-state index contributed by atoms with van der Waals surface area (Å²) in [6, 6.07) is 19.3. The Kier molecular flexibility index (Phi) is 11.9. The maximum absolute atomic E-state index is 14.1. The molecule has 0 aliphatic carbocycles. The van der Waals surface area contributed by atoms with Gasteiger partial charge in [-0.15, -0.1) is 11.8 Å². The summed E-state index contributed by atoms with van der Waals surface area (Å²) < 4.78 is 34.6. The molecule has 0 heterocycles. The van der Waals surface area contributed by atoms with E-state index in [2.05, 4.69) is 5.32 Å². The SMILES string of the molecule is CCNC(=O)[C@H](CC)N(Cc1ccccc1Cl)C(=O)CN(c1ccc(OCC)cc1)S(=O)(=O)c1ccc(SC)cc1. The highest BCUT2D eigenvalue weighted by molar-refractivity contribution is 7.98. The van der Waals surface area contributed by atoms with Crippen LogP contribution in [0.4, 0.5) is 5.69 Å². The molecule has 3 aromatic rings. The highest BCUT2D eigenvalue weighted by atomic mass is 35.5. The summed E-state index contributed by atoms with van der Waals surface area (Å²) in [7, 11) is -4.17. The number of nitrogens with one attached hydrogen (secondary N) is 1. The zero-order chi connectivity index (χ0) is 30.0. The molecule has 0 fully saturated rings. The van der Waals surface area contributed by atoms with Gasteiger partial charge in [0.05, 0.1) is 17.2 Å². The molecule has 8 nitrogen and oxygen atoms in total. The molecule has 2 amide bonds. The van der Waals surface area contributed by atoms with Crippen LogP contribution in [0.3, 0.4) is 0 Å². The van der Waals surface area contributed by atoms with E-state index in [1.165, 1.54) is 28.8 Å². The normalized spacial score (nSPS) is 11.9. The van der Waals surface area contributed by atoms with Crippen molar-refractivity contribution in [2.75, 3.05) is 30.3 Å². The van der Waals surface area contributed by atoms with Crippen LogP contribution >= 0.6 is 23.4 Å². The standard InChI is InChI=1S/C30H36ClN3O5S2/c1-5-28(30(36)32-6-2)33(20-22-10-8-9-11-27(22)31)29(35)21-34(23-12-14-24(15-13-23)39-7-3)41(37,38)26-18-16-25(40-4)17-19-26/h8-19,28H,5-7,20-21H2,1-4H3,(H,32,36)/t28-/m0/s1. The topological polar surface area (TPSA) is 96.0 Å². The first-order valence-electron chi connectivity index (χ1n) is 13.4. The van der Waals surface area contributed by atoms with E-state index in [0.29, 0.717) is 41.6 Å². The van der Waals surface area contributed by atoms with Gasteiger partial charge in [-0.25, -0.2) is 8.42 Å². The number of halogens is 1. The Bertz CT molecular complexity index is 1420. The molecule has 0 saturated heterocycles. The number of amides is 2. The van der Waals surface area contributed by atoms with E-state index in [0.717, 1.165) is 9.20 Å². The Hall–Kier alpha value is -3.21. The number of hydrogen-bond acceptors (Lipinski definition) is 6. The Morgan fingerprint density at radius 3 is 2.20 bits per heavy atom. The summed E-state index contributed by atoms with van der Waals surface area (Å²) in [6.45, 7) is 5.82. The predicted octanol–water partition coefficient (Wildman–Crippen LogP) is 5.60. The van der Waals surface area contributed by atoms with Gasteiger partial charge >= 0.3 is 0 Å². The minimum absolute atomic E-state index is 0.0354. The van der Waals surface area contributed by atoms with Crippen molar-refractivity contribution in [3.63, 3.8) is 0 Å². The van der Waals surface area contributed by atoms with Gasteiger partial charge in [0.2, 0.25) is 11.8 Å². The van der Waals surface area contributed by atoms with Crippen LogP contribution in [0.2, 0.25) is 5.02 Å². The molecule has 11 heteroatoms. The number of anilines is 1. The first-order valence-corrected chi connectivity index (χ1v) is 16.4. The highest BCUT2D eigenvalue weighted by Gasteiger charge is 2.33. The average molecular weight is 618 g/mol. The van der Waals surface area contributed by atoms with E-state index in [4.69, 9.17) is 16.3 Å². The van der Waals surface area contributed by atoms with Gasteiger partial charge in [-0.05, 0) is 86.7 Å². The van der Waals surface area contributed by atoms with Crippen molar-refractivity contribution in [3.05, 3.63) is 83.4 Å². The van der Waals surface area contributed by atoms with Crippen molar-refractivity contribution in [1.82, 2.24) is 10.2 Å². The molecule has 0 unspecified atom stereocenters. The molecule has 41 heavy (non-hydrogen) atoms. The number of thioether (sulfide) groups is 1. The van der Waals surface area contributed by atoms with Gasteiger partial charge in [0.1, 0.15) is 18.3 Å². The van der Waals surface area contributed by atoms with E-state index < -0.39 is 28.5 Å². The molecule has 220 valence electrons. The number of carbonyl (C=O) groups is 2. The minimum Gasteiger partial charge on any atom is -0.494 e. The lowest BCUT2D eigenvalue weighted by Crippen LogP contribution is -2.52. The number of likely N-dealkylation sites (N-methyl/N-ethyl adjacent to an activating group) is 1.